The number of rotatable bonds is 2. The Balaban J connectivity index is 1.92. The van der Waals surface area contributed by atoms with Crippen LogP contribution in [0.3, 0.4) is 0 Å². The maximum absolute atomic E-state index is 12.3. The molecule has 0 radical (unpaired) electrons. The summed E-state index contributed by atoms with van der Waals surface area (Å²) >= 11 is 0. The van der Waals surface area contributed by atoms with Crippen LogP contribution in [-0.4, -0.2) is 17.0 Å². The van der Waals surface area contributed by atoms with Crippen molar-refractivity contribution in [2.24, 2.45) is 0 Å². The second kappa shape index (κ2) is 5.13. The molecule has 1 fully saturated rings. The van der Waals surface area contributed by atoms with Crippen LogP contribution in [0, 0.1) is 0 Å². The molecular formula is C16H12N2O3. The van der Waals surface area contributed by atoms with Crippen molar-refractivity contribution in [2.45, 2.75) is 0 Å². The van der Waals surface area contributed by atoms with Gasteiger partial charge in [0, 0.05) is 0 Å². The fourth-order valence-electron chi connectivity index (χ4n) is 2.08. The summed E-state index contributed by atoms with van der Waals surface area (Å²) < 4.78 is 0. The van der Waals surface area contributed by atoms with Crippen LogP contribution >= 0.6 is 0 Å². The van der Waals surface area contributed by atoms with Crippen LogP contribution in [-0.2, 0) is 4.79 Å². The monoisotopic (exact) mass is 280 g/mol. The van der Waals surface area contributed by atoms with Crippen LogP contribution in [0.1, 0.15) is 5.56 Å². The largest absolute Gasteiger partial charge is 0.508 e. The smallest absolute Gasteiger partial charge is 0.333 e. The van der Waals surface area contributed by atoms with Gasteiger partial charge in [-0.05, 0) is 35.9 Å². The van der Waals surface area contributed by atoms with E-state index in [2.05, 4.69) is 5.32 Å². The molecule has 2 aromatic rings. The first-order chi connectivity index (χ1) is 10.1. The SMILES string of the molecule is O=C1NC(=Cc2ccc(O)cc2)C(=O)N1c1ccccc1. The molecule has 1 aliphatic heterocycles. The van der Waals surface area contributed by atoms with E-state index in [1.807, 2.05) is 6.07 Å². The summed E-state index contributed by atoms with van der Waals surface area (Å²) in [6.07, 6.45) is 1.57. The highest BCUT2D eigenvalue weighted by atomic mass is 16.3. The van der Waals surface area contributed by atoms with Crippen LogP contribution in [0.15, 0.2) is 60.3 Å². The number of urea groups is 1. The number of phenols is 1. The van der Waals surface area contributed by atoms with Crippen molar-refractivity contribution in [1.29, 1.82) is 0 Å². The first kappa shape index (κ1) is 12.9. The third-order valence-corrected chi connectivity index (χ3v) is 3.10. The molecule has 3 rings (SSSR count). The van der Waals surface area contributed by atoms with Gasteiger partial charge in [-0.25, -0.2) is 9.69 Å². The van der Waals surface area contributed by atoms with Crippen LogP contribution < -0.4 is 10.2 Å². The summed E-state index contributed by atoms with van der Waals surface area (Å²) in [5, 5.41) is 11.8. The molecular weight excluding hydrogens is 268 g/mol. The lowest BCUT2D eigenvalue weighted by Crippen LogP contribution is -2.30. The van der Waals surface area contributed by atoms with Gasteiger partial charge < -0.3 is 10.4 Å². The van der Waals surface area contributed by atoms with E-state index in [9.17, 15) is 14.7 Å². The molecule has 1 saturated heterocycles. The van der Waals surface area contributed by atoms with Crippen LogP contribution in [0.4, 0.5) is 10.5 Å². The Hall–Kier alpha value is -3.08. The Kier molecular flexibility index (Phi) is 3.16. The van der Waals surface area contributed by atoms with Gasteiger partial charge in [-0.15, -0.1) is 0 Å². The highest BCUT2D eigenvalue weighted by Gasteiger charge is 2.34. The number of anilines is 1. The van der Waals surface area contributed by atoms with Crippen molar-refractivity contribution in [2.75, 3.05) is 4.90 Å². The minimum Gasteiger partial charge on any atom is -0.508 e. The molecule has 5 nitrogen and oxygen atoms in total. The topological polar surface area (TPSA) is 69.6 Å². The van der Waals surface area contributed by atoms with E-state index < -0.39 is 11.9 Å². The number of hydrogen-bond acceptors (Lipinski definition) is 3. The minimum absolute atomic E-state index is 0.143. The van der Waals surface area contributed by atoms with Crippen LogP contribution in [0.25, 0.3) is 6.08 Å². The fourth-order valence-corrected chi connectivity index (χ4v) is 2.08. The number of phenolic OH excluding ortho intramolecular Hbond substituents is 1. The molecule has 5 heteroatoms. The zero-order valence-electron chi connectivity index (χ0n) is 11.0. The summed E-state index contributed by atoms with van der Waals surface area (Å²) in [5.41, 5.74) is 1.44. The molecule has 1 heterocycles. The molecule has 21 heavy (non-hydrogen) atoms. The molecule has 0 saturated carbocycles. The Labute approximate surface area is 121 Å². The number of nitrogens with zero attached hydrogens (tertiary/aromatic N) is 1. The standard InChI is InChI=1S/C16H12N2O3/c19-13-8-6-11(7-9-13)10-14-15(20)18(16(21)17-14)12-4-2-1-3-5-12/h1-10,19H,(H,17,21). The Morgan fingerprint density at radius 1 is 0.952 bits per heavy atom. The molecule has 0 aliphatic carbocycles. The average Bonchev–Trinajstić information content (AvgIpc) is 2.77. The van der Waals surface area contributed by atoms with E-state index in [0.717, 1.165) is 4.90 Å². The number of imide groups is 1. The van der Waals surface area contributed by atoms with Crippen LogP contribution in [0.2, 0.25) is 0 Å². The predicted molar refractivity (Wildman–Crippen MR) is 78.5 cm³/mol. The van der Waals surface area contributed by atoms with Gasteiger partial charge in [-0.1, -0.05) is 30.3 Å². The van der Waals surface area contributed by atoms with Gasteiger partial charge in [0.15, 0.2) is 0 Å². The lowest BCUT2D eigenvalue weighted by Gasteiger charge is -2.10. The van der Waals surface area contributed by atoms with Gasteiger partial charge in [-0.3, -0.25) is 4.79 Å². The first-order valence-corrected chi connectivity index (χ1v) is 6.36. The Morgan fingerprint density at radius 2 is 1.62 bits per heavy atom. The second-order valence-corrected chi connectivity index (χ2v) is 4.56. The Morgan fingerprint density at radius 3 is 2.29 bits per heavy atom. The van der Waals surface area contributed by atoms with Gasteiger partial charge >= 0.3 is 6.03 Å². The van der Waals surface area contributed by atoms with Gasteiger partial charge in [0.05, 0.1) is 5.69 Å². The van der Waals surface area contributed by atoms with Gasteiger partial charge in [0.2, 0.25) is 0 Å². The maximum atomic E-state index is 12.3. The van der Waals surface area contributed by atoms with E-state index >= 15 is 0 Å². The lowest BCUT2D eigenvalue weighted by atomic mass is 10.2. The zero-order chi connectivity index (χ0) is 14.8. The first-order valence-electron chi connectivity index (χ1n) is 6.36. The lowest BCUT2D eigenvalue weighted by molar-refractivity contribution is -0.113. The molecule has 104 valence electrons. The molecule has 0 unspecified atom stereocenters. The van der Waals surface area contributed by atoms with E-state index in [1.54, 1.807) is 42.5 Å². The quantitative estimate of drug-likeness (QED) is 0.656. The van der Waals surface area contributed by atoms with E-state index in [-0.39, 0.29) is 11.4 Å². The van der Waals surface area contributed by atoms with E-state index in [4.69, 9.17) is 0 Å². The number of para-hydroxylation sites is 1. The molecule has 0 bridgehead atoms. The summed E-state index contributed by atoms with van der Waals surface area (Å²) in [7, 11) is 0. The average molecular weight is 280 g/mol. The van der Waals surface area contributed by atoms with E-state index in [0.29, 0.717) is 11.3 Å². The number of hydrogen-bond donors (Lipinski definition) is 2. The van der Waals surface area contributed by atoms with Crippen molar-refractivity contribution in [3.05, 3.63) is 65.9 Å². The highest BCUT2D eigenvalue weighted by molar-refractivity contribution is 6.28. The number of nitrogens with one attached hydrogen (secondary N) is 1. The molecule has 0 atom stereocenters. The molecule has 3 amide bonds. The molecule has 0 spiro atoms. The van der Waals surface area contributed by atoms with Crippen molar-refractivity contribution >= 4 is 23.7 Å². The van der Waals surface area contributed by atoms with E-state index in [1.165, 1.54) is 12.1 Å². The molecule has 1 aliphatic rings. The number of aromatic hydroxyl groups is 1. The number of carbonyl (C=O) groups is 2. The second-order valence-electron chi connectivity index (χ2n) is 4.56. The maximum Gasteiger partial charge on any atom is 0.333 e. The number of amides is 3. The minimum atomic E-state index is -0.476. The van der Waals surface area contributed by atoms with Crippen molar-refractivity contribution in [3.8, 4) is 5.75 Å². The third kappa shape index (κ3) is 2.49. The fraction of sp³-hybridized carbons (Fsp3) is 0. The number of benzene rings is 2. The van der Waals surface area contributed by atoms with Crippen LogP contribution in [0.5, 0.6) is 5.75 Å². The van der Waals surface area contributed by atoms with Gasteiger partial charge in [-0.2, -0.15) is 0 Å². The third-order valence-electron chi connectivity index (χ3n) is 3.10. The molecule has 2 aromatic carbocycles. The summed E-state index contributed by atoms with van der Waals surface area (Å²) in [6.45, 7) is 0. The molecule has 2 N–H and O–H groups in total. The normalized spacial score (nSPS) is 16.4. The Bertz CT molecular complexity index is 721. The summed E-state index contributed by atoms with van der Waals surface area (Å²) in [4.78, 5) is 25.4. The van der Waals surface area contributed by atoms with Crippen molar-refractivity contribution < 1.29 is 14.7 Å². The zero-order valence-corrected chi connectivity index (χ0v) is 11.0. The predicted octanol–water partition coefficient (Wildman–Crippen LogP) is 2.49. The highest BCUT2D eigenvalue weighted by Crippen LogP contribution is 2.22. The van der Waals surface area contributed by atoms with Crippen molar-refractivity contribution in [3.63, 3.8) is 0 Å². The number of carbonyl (C=O) groups excluding carboxylic acids is 2. The van der Waals surface area contributed by atoms with Gasteiger partial charge in [0.1, 0.15) is 11.4 Å². The van der Waals surface area contributed by atoms with Gasteiger partial charge in [0.25, 0.3) is 5.91 Å². The summed E-state index contributed by atoms with van der Waals surface area (Å²) in [5.74, 6) is -0.260. The van der Waals surface area contributed by atoms with Crippen molar-refractivity contribution in [1.82, 2.24) is 5.32 Å². The summed E-state index contributed by atoms with van der Waals surface area (Å²) in [6, 6.07) is 14.6. The molecule has 0 aromatic heterocycles.